The maximum absolute atomic E-state index is 10.0. The summed E-state index contributed by atoms with van der Waals surface area (Å²) in [6.45, 7) is 0. The number of nitrogen functional groups attached to an aromatic ring is 1. The Kier molecular flexibility index (Phi) is 3.56. The number of halogens is 1. The number of nitrogens with zero attached hydrogens (tertiary/aromatic N) is 2. The fraction of sp³-hybridized carbons (Fsp3) is 0.167. The first kappa shape index (κ1) is 11.8. The molecule has 4 nitrogen and oxygen atoms in total. The van der Waals surface area contributed by atoms with Gasteiger partial charge in [-0.15, -0.1) is 0 Å². The van der Waals surface area contributed by atoms with Crippen LogP contribution in [0.2, 0.25) is 5.15 Å². The van der Waals surface area contributed by atoms with Gasteiger partial charge in [0.25, 0.3) is 0 Å². The van der Waals surface area contributed by atoms with Crippen molar-refractivity contribution >= 4 is 17.3 Å². The van der Waals surface area contributed by atoms with Gasteiger partial charge in [0.2, 0.25) is 0 Å². The van der Waals surface area contributed by atoms with Gasteiger partial charge >= 0.3 is 0 Å². The molecule has 0 aliphatic rings. The van der Waals surface area contributed by atoms with Crippen LogP contribution in [-0.4, -0.2) is 15.1 Å². The van der Waals surface area contributed by atoms with Crippen LogP contribution in [-0.2, 0) is 6.42 Å². The minimum atomic E-state index is -0.661. The molecule has 0 aromatic carbocycles. The summed E-state index contributed by atoms with van der Waals surface area (Å²) in [7, 11) is 0. The summed E-state index contributed by atoms with van der Waals surface area (Å²) in [5.41, 5.74) is 7.93. The third kappa shape index (κ3) is 2.93. The lowest BCUT2D eigenvalue weighted by atomic mass is 10.0. The lowest BCUT2D eigenvalue weighted by Gasteiger charge is -2.11. The Morgan fingerprint density at radius 1 is 1.29 bits per heavy atom. The molecule has 0 radical (unpaired) electrons. The summed E-state index contributed by atoms with van der Waals surface area (Å²) in [5.74, 6) is 0. The largest absolute Gasteiger partial charge is 0.398 e. The van der Waals surface area contributed by atoms with E-state index >= 15 is 0 Å². The highest BCUT2D eigenvalue weighted by Crippen LogP contribution is 2.21. The van der Waals surface area contributed by atoms with Crippen molar-refractivity contribution in [2.75, 3.05) is 5.73 Å². The van der Waals surface area contributed by atoms with Gasteiger partial charge in [0.15, 0.2) is 0 Å². The standard InChI is InChI=1S/C12H12ClN3O/c13-12-2-1-8(7-16-12)11(17)5-9-6-15-4-3-10(9)14/h1-4,6-7,11,17H,5H2,(H2,14,15). The summed E-state index contributed by atoms with van der Waals surface area (Å²) in [6.07, 6.45) is 4.57. The normalized spacial score (nSPS) is 12.4. The highest BCUT2D eigenvalue weighted by Gasteiger charge is 2.10. The molecule has 0 saturated carbocycles. The Labute approximate surface area is 104 Å². The maximum Gasteiger partial charge on any atom is 0.129 e. The highest BCUT2D eigenvalue weighted by molar-refractivity contribution is 6.29. The predicted molar refractivity (Wildman–Crippen MR) is 66.6 cm³/mol. The quantitative estimate of drug-likeness (QED) is 0.816. The summed E-state index contributed by atoms with van der Waals surface area (Å²) >= 11 is 5.68. The Bertz CT molecular complexity index is 501. The molecule has 0 amide bonds. The minimum Gasteiger partial charge on any atom is -0.398 e. The number of pyridine rings is 2. The smallest absolute Gasteiger partial charge is 0.129 e. The Morgan fingerprint density at radius 3 is 2.76 bits per heavy atom. The molecule has 5 heteroatoms. The SMILES string of the molecule is Nc1ccncc1CC(O)c1ccc(Cl)nc1. The second kappa shape index (κ2) is 5.12. The van der Waals surface area contributed by atoms with Gasteiger partial charge in [-0.25, -0.2) is 4.98 Å². The van der Waals surface area contributed by atoms with Crippen molar-refractivity contribution in [1.82, 2.24) is 9.97 Å². The molecule has 0 aliphatic heterocycles. The number of anilines is 1. The zero-order valence-electron chi connectivity index (χ0n) is 9.05. The average Bonchev–Trinajstić information content (AvgIpc) is 2.33. The number of aliphatic hydroxyl groups is 1. The fourth-order valence-corrected chi connectivity index (χ4v) is 1.63. The average molecular weight is 250 g/mol. The van der Waals surface area contributed by atoms with E-state index in [0.717, 1.165) is 5.56 Å². The summed E-state index contributed by atoms with van der Waals surface area (Å²) in [4.78, 5) is 7.90. The summed E-state index contributed by atoms with van der Waals surface area (Å²) in [5, 5.41) is 10.4. The van der Waals surface area contributed by atoms with E-state index in [9.17, 15) is 5.11 Å². The van der Waals surface area contributed by atoms with Gasteiger partial charge in [0, 0.05) is 30.7 Å². The Morgan fingerprint density at radius 2 is 2.12 bits per heavy atom. The lowest BCUT2D eigenvalue weighted by Crippen LogP contribution is -2.05. The van der Waals surface area contributed by atoms with E-state index in [1.807, 2.05) is 0 Å². The van der Waals surface area contributed by atoms with E-state index in [2.05, 4.69) is 9.97 Å². The van der Waals surface area contributed by atoms with Crippen LogP contribution in [0.4, 0.5) is 5.69 Å². The van der Waals surface area contributed by atoms with Crippen LogP contribution in [0.5, 0.6) is 0 Å². The number of aromatic nitrogens is 2. The van der Waals surface area contributed by atoms with Crippen molar-refractivity contribution in [3.8, 4) is 0 Å². The molecule has 3 N–H and O–H groups in total. The molecule has 1 atom stereocenters. The van der Waals surface area contributed by atoms with E-state index in [0.29, 0.717) is 22.8 Å². The molecule has 1 unspecified atom stereocenters. The lowest BCUT2D eigenvalue weighted by molar-refractivity contribution is 0.178. The van der Waals surface area contributed by atoms with Gasteiger partial charge in [-0.1, -0.05) is 17.7 Å². The third-order valence-electron chi connectivity index (χ3n) is 2.49. The van der Waals surface area contributed by atoms with Crippen LogP contribution in [0, 0.1) is 0 Å². The van der Waals surface area contributed by atoms with Gasteiger partial charge in [-0.3, -0.25) is 4.98 Å². The van der Waals surface area contributed by atoms with Gasteiger partial charge in [-0.05, 0) is 23.3 Å². The molecule has 0 saturated heterocycles. The van der Waals surface area contributed by atoms with Crippen molar-refractivity contribution in [2.24, 2.45) is 0 Å². The van der Waals surface area contributed by atoms with Crippen LogP contribution in [0.15, 0.2) is 36.8 Å². The van der Waals surface area contributed by atoms with Crippen molar-refractivity contribution in [3.63, 3.8) is 0 Å². The number of hydrogen-bond acceptors (Lipinski definition) is 4. The third-order valence-corrected chi connectivity index (χ3v) is 2.71. The molecule has 0 spiro atoms. The van der Waals surface area contributed by atoms with Crippen molar-refractivity contribution in [2.45, 2.75) is 12.5 Å². The monoisotopic (exact) mass is 249 g/mol. The number of rotatable bonds is 3. The summed E-state index contributed by atoms with van der Waals surface area (Å²) in [6, 6.07) is 5.10. The zero-order valence-corrected chi connectivity index (χ0v) is 9.80. The molecule has 2 rings (SSSR count). The van der Waals surface area contributed by atoms with E-state index in [1.165, 1.54) is 0 Å². The van der Waals surface area contributed by atoms with E-state index in [-0.39, 0.29) is 0 Å². The van der Waals surface area contributed by atoms with Gasteiger partial charge in [0.1, 0.15) is 5.15 Å². The minimum absolute atomic E-state index is 0.404. The number of aliphatic hydroxyl groups excluding tert-OH is 1. The topological polar surface area (TPSA) is 72.0 Å². The predicted octanol–water partition coefficient (Wildman–Crippen LogP) is 1.99. The van der Waals surface area contributed by atoms with Crippen LogP contribution >= 0.6 is 11.6 Å². The van der Waals surface area contributed by atoms with Crippen LogP contribution in [0.1, 0.15) is 17.2 Å². The van der Waals surface area contributed by atoms with E-state index < -0.39 is 6.10 Å². The first-order chi connectivity index (χ1) is 8.16. The van der Waals surface area contributed by atoms with Gasteiger partial charge in [-0.2, -0.15) is 0 Å². The first-order valence-corrected chi connectivity index (χ1v) is 5.52. The maximum atomic E-state index is 10.0. The molecule has 0 bridgehead atoms. The second-order valence-corrected chi connectivity index (χ2v) is 4.10. The van der Waals surface area contributed by atoms with Crippen LogP contribution in [0.25, 0.3) is 0 Å². The molecule has 0 fully saturated rings. The van der Waals surface area contributed by atoms with Crippen LogP contribution < -0.4 is 5.73 Å². The molecule has 2 aromatic heterocycles. The molecule has 17 heavy (non-hydrogen) atoms. The zero-order chi connectivity index (χ0) is 12.3. The second-order valence-electron chi connectivity index (χ2n) is 3.71. The van der Waals surface area contributed by atoms with Crippen molar-refractivity contribution in [1.29, 1.82) is 0 Å². The van der Waals surface area contributed by atoms with Gasteiger partial charge in [0.05, 0.1) is 6.10 Å². The van der Waals surface area contributed by atoms with Crippen molar-refractivity contribution in [3.05, 3.63) is 53.1 Å². The summed E-state index contributed by atoms with van der Waals surface area (Å²) < 4.78 is 0. The first-order valence-electron chi connectivity index (χ1n) is 5.14. The molecule has 2 heterocycles. The Balaban J connectivity index is 2.14. The fourth-order valence-electron chi connectivity index (χ4n) is 1.52. The number of nitrogens with two attached hydrogens (primary N) is 1. The van der Waals surface area contributed by atoms with E-state index in [4.69, 9.17) is 17.3 Å². The van der Waals surface area contributed by atoms with Crippen LogP contribution in [0.3, 0.4) is 0 Å². The highest BCUT2D eigenvalue weighted by atomic mass is 35.5. The number of hydrogen-bond donors (Lipinski definition) is 2. The molecule has 0 aliphatic carbocycles. The molecular formula is C12H12ClN3O. The van der Waals surface area contributed by atoms with Gasteiger partial charge < -0.3 is 10.8 Å². The molecule has 2 aromatic rings. The molecule has 88 valence electrons. The Hall–Kier alpha value is -1.65. The van der Waals surface area contributed by atoms with E-state index in [1.54, 1.807) is 36.8 Å². The van der Waals surface area contributed by atoms with Crippen molar-refractivity contribution < 1.29 is 5.11 Å². The molecular weight excluding hydrogens is 238 g/mol.